The number of aromatic amines is 1. The summed E-state index contributed by atoms with van der Waals surface area (Å²) in [7, 11) is 0. The predicted octanol–water partition coefficient (Wildman–Crippen LogP) is 2.47. The van der Waals surface area contributed by atoms with Crippen molar-refractivity contribution < 1.29 is 4.39 Å². The molecule has 0 saturated heterocycles. The Balaban J connectivity index is 2.10. The molecule has 0 radical (unpaired) electrons. The molecule has 3 rings (SSSR count). The maximum atomic E-state index is 13.7. The summed E-state index contributed by atoms with van der Waals surface area (Å²) in [6.45, 7) is 0. The van der Waals surface area contributed by atoms with E-state index in [2.05, 4.69) is 25.5 Å². The van der Waals surface area contributed by atoms with E-state index < -0.39 is 5.82 Å². The van der Waals surface area contributed by atoms with Crippen LogP contribution in [0.2, 0.25) is 5.02 Å². The molecule has 0 spiro atoms. The molecule has 19 heavy (non-hydrogen) atoms. The number of fused-ring (bicyclic) bond motifs is 1. The number of hydrogen-bond acceptors (Lipinski definition) is 5. The van der Waals surface area contributed by atoms with Gasteiger partial charge in [-0.05, 0) is 18.2 Å². The van der Waals surface area contributed by atoms with Crippen LogP contribution in [0.5, 0.6) is 0 Å². The predicted molar refractivity (Wildman–Crippen MR) is 70.8 cm³/mol. The van der Waals surface area contributed by atoms with Crippen molar-refractivity contribution in [1.82, 2.24) is 20.2 Å². The molecule has 2 heterocycles. The summed E-state index contributed by atoms with van der Waals surface area (Å²) in [4.78, 5) is 7.99. The van der Waals surface area contributed by atoms with E-state index in [0.29, 0.717) is 21.9 Å². The normalized spacial score (nSPS) is 10.8. The molecule has 6 nitrogen and oxygen atoms in total. The van der Waals surface area contributed by atoms with Gasteiger partial charge in [0.15, 0.2) is 5.65 Å². The Labute approximate surface area is 111 Å². The van der Waals surface area contributed by atoms with Crippen LogP contribution >= 0.6 is 11.6 Å². The van der Waals surface area contributed by atoms with Gasteiger partial charge in [0.2, 0.25) is 5.95 Å². The number of H-pyrrole nitrogens is 1. The lowest BCUT2D eigenvalue weighted by molar-refractivity contribution is 0.632. The minimum atomic E-state index is -0.446. The minimum absolute atomic E-state index is 0.0571. The number of nitrogens with two attached hydrogens (primary N) is 1. The van der Waals surface area contributed by atoms with Crippen LogP contribution in [0, 0.1) is 5.82 Å². The SMILES string of the molecule is Nc1nc(Nc2cc(Cl)ccc2F)c2cn[nH]c2n1. The van der Waals surface area contributed by atoms with Crippen molar-refractivity contribution in [3.05, 3.63) is 35.2 Å². The van der Waals surface area contributed by atoms with Gasteiger partial charge in [-0.2, -0.15) is 15.1 Å². The number of nitrogens with one attached hydrogen (secondary N) is 2. The van der Waals surface area contributed by atoms with Crippen molar-refractivity contribution >= 4 is 40.1 Å². The first kappa shape index (κ1) is 11.7. The minimum Gasteiger partial charge on any atom is -0.368 e. The van der Waals surface area contributed by atoms with Gasteiger partial charge in [0.25, 0.3) is 0 Å². The van der Waals surface area contributed by atoms with Crippen LogP contribution in [-0.2, 0) is 0 Å². The molecule has 0 aliphatic rings. The van der Waals surface area contributed by atoms with Crippen molar-refractivity contribution in [2.24, 2.45) is 0 Å². The van der Waals surface area contributed by atoms with Crippen molar-refractivity contribution in [1.29, 1.82) is 0 Å². The fourth-order valence-corrected chi connectivity index (χ4v) is 1.84. The molecule has 0 unspecified atom stereocenters. The summed E-state index contributed by atoms with van der Waals surface area (Å²) < 4.78 is 13.7. The van der Waals surface area contributed by atoms with E-state index in [1.165, 1.54) is 24.4 Å². The second-order valence-electron chi connectivity index (χ2n) is 3.81. The summed E-state index contributed by atoms with van der Waals surface area (Å²) in [5, 5.41) is 10.4. The first-order valence-electron chi connectivity index (χ1n) is 5.32. The highest BCUT2D eigenvalue weighted by atomic mass is 35.5. The molecule has 3 aromatic rings. The topological polar surface area (TPSA) is 92.5 Å². The Morgan fingerprint density at radius 3 is 3.00 bits per heavy atom. The van der Waals surface area contributed by atoms with E-state index in [1.54, 1.807) is 0 Å². The second-order valence-corrected chi connectivity index (χ2v) is 4.25. The van der Waals surface area contributed by atoms with E-state index in [4.69, 9.17) is 17.3 Å². The molecule has 0 fully saturated rings. The average Bonchev–Trinajstić information content (AvgIpc) is 2.82. The Kier molecular flexibility index (Phi) is 2.68. The number of anilines is 3. The Hall–Kier alpha value is -2.41. The molecule has 0 amide bonds. The zero-order chi connectivity index (χ0) is 13.4. The standard InChI is InChI=1S/C11H8ClFN6/c12-5-1-2-7(13)8(3-5)16-9-6-4-15-19-10(6)18-11(14)17-9/h1-4H,(H4,14,15,16,17,18,19). The van der Waals surface area contributed by atoms with Crippen molar-refractivity contribution in [3.8, 4) is 0 Å². The van der Waals surface area contributed by atoms with E-state index >= 15 is 0 Å². The molecule has 8 heteroatoms. The van der Waals surface area contributed by atoms with Gasteiger partial charge in [0.05, 0.1) is 17.3 Å². The molecular weight excluding hydrogens is 271 g/mol. The van der Waals surface area contributed by atoms with Gasteiger partial charge in [-0.15, -0.1) is 0 Å². The molecule has 2 aromatic heterocycles. The van der Waals surface area contributed by atoms with Crippen LogP contribution in [-0.4, -0.2) is 20.2 Å². The van der Waals surface area contributed by atoms with Crippen molar-refractivity contribution in [2.75, 3.05) is 11.1 Å². The molecule has 0 atom stereocenters. The highest BCUT2D eigenvalue weighted by Gasteiger charge is 2.10. The lowest BCUT2D eigenvalue weighted by Gasteiger charge is -2.08. The van der Waals surface area contributed by atoms with E-state index in [-0.39, 0.29) is 11.6 Å². The average molecular weight is 279 g/mol. The van der Waals surface area contributed by atoms with Crippen LogP contribution in [0.1, 0.15) is 0 Å². The van der Waals surface area contributed by atoms with E-state index in [0.717, 1.165) is 0 Å². The molecule has 96 valence electrons. The number of hydrogen-bond donors (Lipinski definition) is 3. The maximum absolute atomic E-state index is 13.7. The zero-order valence-corrected chi connectivity index (χ0v) is 10.2. The highest BCUT2D eigenvalue weighted by Crippen LogP contribution is 2.26. The first-order chi connectivity index (χ1) is 9.13. The fourth-order valence-electron chi connectivity index (χ4n) is 1.67. The summed E-state index contributed by atoms with van der Waals surface area (Å²) in [5.41, 5.74) is 6.25. The number of aromatic nitrogens is 4. The first-order valence-corrected chi connectivity index (χ1v) is 5.70. The smallest absolute Gasteiger partial charge is 0.224 e. The van der Waals surface area contributed by atoms with Crippen LogP contribution in [0.15, 0.2) is 24.4 Å². The third-order valence-corrected chi connectivity index (χ3v) is 2.74. The van der Waals surface area contributed by atoms with Gasteiger partial charge < -0.3 is 11.1 Å². The van der Waals surface area contributed by atoms with Gasteiger partial charge in [-0.1, -0.05) is 11.6 Å². The molecule has 0 saturated carbocycles. The number of benzene rings is 1. The third kappa shape index (κ3) is 2.15. The molecular formula is C11H8ClFN6. The number of rotatable bonds is 2. The molecule has 1 aromatic carbocycles. The lowest BCUT2D eigenvalue weighted by Crippen LogP contribution is -2.01. The van der Waals surface area contributed by atoms with Crippen LogP contribution in [0.25, 0.3) is 11.0 Å². The molecule has 0 aliphatic heterocycles. The maximum Gasteiger partial charge on any atom is 0.224 e. The largest absolute Gasteiger partial charge is 0.368 e. The monoisotopic (exact) mass is 278 g/mol. The molecule has 0 aliphatic carbocycles. The zero-order valence-electron chi connectivity index (χ0n) is 9.48. The quantitative estimate of drug-likeness (QED) is 0.670. The van der Waals surface area contributed by atoms with Gasteiger partial charge in [-0.3, -0.25) is 5.10 Å². The Morgan fingerprint density at radius 1 is 1.32 bits per heavy atom. The van der Waals surface area contributed by atoms with Crippen LogP contribution < -0.4 is 11.1 Å². The number of halogens is 2. The molecule has 4 N–H and O–H groups in total. The number of nitrogens with zero attached hydrogens (tertiary/aromatic N) is 3. The highest BCUT2D eigenvalue weighted by molar-refractivity contribution is 6.30. The summed E-state index contributed by atoms with van der Waals surface area (Å²) in [6, 6.07) is 4.19. The van der Waals surface area contributed by atoms with Crippen LogP contribution in [0.3, 0.4) is 0 Å². The van der Waals surface area contributed by atoms with Gasteiger partial charge in [-0.25, -0.2) is 4.39 Å². The lowest BCUT2D eigenvalue weighted by atomic mass is 10.3. The summed E-state index contributed by atoms with van der Waals surface area (Å²) in [5.74, 6) is -0.0302. The van der Waals surface area contributed by atoms with E-state index in [1.807, 2.05) is 0 Å². The summed E-state index contributed by atoms with van der Waals surface area (Å²) >= 11 is 5.83. The van der Waals surface area contributed by atoms with E-state index in [9.17, 15) is 4.39 Å². The number of nitrogen functional groups attached to an aromatic ring is 1. The van der Waals surface area contributed by atoms with Crippen molar-refractivity contribution in [2.45, 2.75) is 0 Å². The Morgan fingerprint density at radius 2 is 2.16 bits per heavy atom. The Bertz CT molecular complexity index is 756. The van der Waals surface area contributed by atoms with Gasteiger partial charge in [0.1, 0.15) is 11.6 Å². The van der Waals surface area contributed by atoms with Crippen molar-refractivity contribution in [3.63, 3.8) is 0 Å². The van der Waals surface area contributed by atoms with Gasteiger partial charge in [0, 0.05) is 5.02 Å². The summed E-state index contributed by atoms with van der Waals surface area (Å²) in [6.07, 6.45) is 1.53. The van der Waals surface area contributed by atoms with Gasteiger partial charge >= 0.3 is 0 Å². The second kappa shape index (κ2) is 4.36. The fraction of sp³-hybridized carbons (Fsp3) is 0. The van der Waals surface area contributed by atoms with Crippen LogP contribution in [0.4, 0.5) is 21.8 Å². The molecule has 0 bridgehead atoms. The third-order valence-electron chi connectivity index (χ3n) is 2.51.